The Hall–Kier alpha value is -3.88. The summed E-state index contributed by atoms with van der Waals surface area (Å²) < 4.78 is 5.30. The maximum Gasteiger partial charge on any atom is 0.277 e. The summed E-state index contributed by atoms with van der Waals surface area (Å²) in [6.45, 7) is 3.10. The van der Waals surface area contributed by atoms with Crippen molar-refractivity contribution in [3.8, 4) is 11.5 Å². The Balaban J connectivity index is 2.10. The number of carbonyl (C=O) groups is 3. The first-order valence-corrected chi connectivity index (χ1v) is 7.92. The zero-order chi connectivity index (χ0) is 20.0. The van der Waals surface area contributed by atoms with Gasteiger partial charge in [-0.25, -0.2) is 4.98 Å². The molecule has 0 aliphatic rings. The van der Waals surface area contributed by atoms with Crippen LogP contribution in [0.25, 0.3) is 11.5 Å². The predicted octanol–water partition coefficient (Wildman–Crippen LogP) is 1.06. The number of oxazole rings is 1. The van der Waals surface area contributed by atoms with Crippen LogP contribution in [-0.4, -0.2) is 22.7 Å². The molecule has 0 radical (unpaired) electrons. The number of aromatic nitrogens is 1. The number of hydrogen-bond acceptors (Lipinski definition) is 6. The normalized spacial score (nSPS) is 11.8. The molecule has 2 aromatic rings. The molecule has 140 valence electrons. The lowest BCUT2D eigenvalue weighted by Gasteiger charge is -2.10. The Morgan fingerprint density at radius 2 is 1.67 bits per heavy atom. The van der Waals surface area contributed by atoms with Gasteiger partial charge >= 0.3 is 0 Å². The fourth-order valence-corrected chi connectivity index (χ4v) is 2.05. The summed E-state index contributed by atoms with van der Waals surface area (Å²) >= 11 is 0. The van der Waals surface area contributed by atoms with E-state index in [0.29, 0.717) is 11.3 Å². The Kier molecular flexibility index (Phi) is 6.10. The van der Waals surface area contributed by atoms with Crippen LogP contribution in [-0.2, 0) is 9.59 Å². The van der Waals surface area contributed by atoms with E-state index in [1.54, 1.807) is 38.1 Å². The summed E-state index contributed by atoms with van der Waals surface area (Å²) in [5, 5.41) is 4.73. The molecule has 0 saturated heterocycles. The van der Waals surface area contributed by atoms with E-state index in [-0.39, 0.29) is 23.0 Å². The van der Waals surface area contributed by atoms with Crippen LogP contribution in [0.5, 0.6) is 0 Å². The average Bonchev–Trinajstić information content (AvgIpc) is 3.14. The minimum atomic E-state index is -0.794. The summed E-state index contributed by atoms with van der Waals surface area (Å²) in [5.74, 6) is -1.90. The van der Waals surface area contributed by atoms with Crippen LogP contribution in [0.1, 0.15) is 24.3 Å². The minimum absolute atomic E-state index is 0.0184. The van der Waals surface area contributed by atoms with Gasteiger partial charge < -0.3 is 26.5 Å². The highest BCUT2D eigenvalue weighted by atomic mass is 16.3. The zero-order valence-electron chi connectivity index (χ0n) is 14.8. The number of carbonyl (C=O) groups excluding carboxylic acids is 3. The third-order valence-corrected chi connectivity index (χ3v) is 3.48. The summed E-state index contributed by atoms with van der Waals surface area (Å²) in [6, 6.07) is 6.77. The largest absolute Gasteiger partial charge is 0.444 e. The number of hydrogen-bond donors (Lipinski definition) is 4. The molecule has 0 spiro atoms. The van der Waals surface area contributed by atoms with Gasteiger partial charge in [0.05, 0.1) is 0 Å². The van der Waals surface area contributed by atoms with E-state index < -0.39 is 17.7 Å². The van der Waals surface area contributed by atoms with Crippen LogP contribution in [0.3, 0.4) is 0 Å². The first-order chi connectivity index (χ1) is 12.8. The van der Waals surface area contributed by atoms with Crippen LogP contribution in [0.15, 0.2) is 58.5 Å². The molecule has 0 aliphatic carbocycles. The van der Waals surface area contributed by atoms with Gasteiger partial charge in [-0.05, 0) is 38.1 Å². The summed E-state index contributed by atoms with van der Waals surface area (Å²) in [4.78, 5) is 39.8. The summed E-state index contributed by atoms with van der Waals surface area (Å²) in [5.41, 5.74) is 11.8. The highest BCUT2D eigenvalue weighted by molar-refractivity contribution is 6.05. The molecule has 1 aromatic heterocycles. The molecule has 0 aliphatic heterocycles. The zero-order valence-corrected chi connectivity index (χ0v) is 14.8. The van der Waals surface area contributed by atoms with Crippen molar-refractivity contribution in [2.45, 2.75) is 13.8 Å². The molecule has 0 bridgehead atoms. The molecule has 2 rings (SSSR count). The number of nitrogens with zero attached hydrogens (tertiary/aromatic N) is 1. The second kappa shape index (κ2) is 8.48. The van der Waals surface area contributed by atoms with Crippen molar-refractivity contribution in [3.63, 3.8) is 0 Å². The van der Waals surface area contributed by atoms with E-state index in [0.717, 1.165) is 0 Å². The highest BCUT2D eigenvalue weighted by Crippen LogP contribution is 2.19. The summed E-state index contributed by atoms with van der Waals surface area (Å²) in [7, 11) is 0. The van der Waals surface area contributed by atoms with Gasteiger partial charge in [-0.2, -0.15) is 0 Å². The molecule has 1 heterocycles. The quantitative estimate of drug-likeness (QED) is 0.441. The molecule has 3 amide bonds. The van der Waals surface area contributed by atoms with Gasteiger partial charge in [0.25, 0.3) is 17.7 Å². The van der Waals surface area contributed by atoms with Crippen LogP contribution in [0.4, 0.5) is 5.69 Å². The number of nitrogens with one attached hydrogen (secondary N) is 2. The van der Waals surface area contributed by atoms with Gasteiger partial charge in [-0.1, -0.05) is 12.2 Å². The van der Waals surface area contributed by atoms with Crippen molar-refractivity contribution in [1.82, 2.24) is 15.6 Å². The maximum absolute atomic E-state index is 12.3. The molecule has 0 unspecified atom stereocenters. The van der Waals surface area contributed by atoms with Crippen molar-refractivity contribution < 1.29 is 18.8 Å². The number of allylic oxidation sites excluding steroid dienone is 2. The third kappa shape index (κ3) is 4.82. The predicted molar refractivity (Wildman–Crippen MR) is 98.7 cm³/mol. The molecule has 0 saturated carbocycles. The molecule has 0 fully saturated rings. The molecular weight excluding hydrogens is 350 g/mol. The van der Waals surface area contributed by atoms with Crippen molar-refractivity contribution >= 4 is 23.4 Å². The fraction of sp³-hybridized carbons (Fsp3) is 0.111. The molecule has 9 heteroatoms. The number of nitrogens with two attached hydrogens (primary N) is 2. The molecule has 1 aromatic carbocycles. The van der Waals surface area contributed by atoms with Crippen LogP contribution >= 0.6 is 0 Å². The van der Waals surface area contributed by atoms with Gasteiger partial charge in [0.1, 0.15) is 17.7 Å². The smallest absolute Gasteiger partial charge is 0.277 e. The monoisotopic (exact) mass is 369 g/mol. The lowest BCUT2D eigenvalue weighted by molar-refractivity contribution is -0.120. The number of amides is 3. The summed E-state index contributed by atoms with van der Waals surface area (Å²) in [6.07, 6.45) is 3.90. The van der Waals surface area contributed by atoms with Gasteiger partial charge in [0.2, 0.25) is 5.89 Å². The van der Waals surface area contributed by atoms with Crippen molar-refractivity contribution in [2.75, 3.05) is 5.73 Å². The van der Waals surface area contributed by atoms with E-state index in [1.807, 2.05) is 0 Å². The number of rotatable bonds is 6. The Bertz CT molecular complexity index is 925. The van der Waals surface area contributed by atoms with Crippen LogP contribution < -0.4 is 22.1 Å². The van der Waals surface area contributed by atoms with Gasteiger partial charge in [0, 0.05) is 11.3 Å². The third-order valence-electron chi connectivity index (χ3n) is 3.48. The standard InChI is InChI=1S/C18H19N5O4/c1-3-12(15(20)24)21-16(25)13(4-2)22-17(26)14-9-27-18(23-14)10-5-7-11(19)8-6-10/h3-9H,19H2,1-2H3,(H2,20,24)(H,21,25)(H,22,26)/b12-3+,13-4-. The maximum atomic E-state index is 12.3. The second-order valence-corrected chi connectivity index (χ2v) is 5.34. The van der Waals surface area contributed by atoms with Crippen LogP contribution in [0.2, 0.25) is 0 Å². The molecular formula is C18H19N5O4. The number of anilines is 1. The molecule has 27 heavy (non-hydrogen) atoms. The average molecular weight is 369 g/mol. The van der Waals surface area contributed by atoms with Gasteiger partial charge in [0.15, 0.2) is 5.69 Å². The number of benzene rings is 1. The fourth-order valence-electron chi connectivity index (χ4n) is 2.05. The Morgan fingerprint density at radius 1 is 1.04 bits per heavy atom. The number of primary amides is 1. The van der Waals surface area contributed by atoms with Gasteiger partial charge in [-0.15, -0.1) is 0 Å². The molecule has 9 nitrogen and oxygen atoms in total. The van der Waals surface area contributed by atoms with Crippen molar-refractivity contribution in [1.29, 1.82) is 0 Å². The first-order valence-electron chi connectivity index (χ1n) is 7.92. The van der Waals surface area contributed by atoms with Crippen LogP contribution in [0, 0.1) is 0 Å². The Morgan fingerprint density at radius 3 is 2.22 bits per heavy atom. The first kappa shape index (κ1) is 19.4. The Labute approximate surface area is 155 Å². The van der Waals surface area contributed by atoms with Gasteiger partial charge in [-0.3, -0.25) is 14.4 Å². The second-order valence-electron chi connectivity index (χ2n) is 5.34. The molecule has 6 N–H and O–H groups in total. The van der Waals surface area contributed by atoms with E-state index >= 15 is 0 Å². The lowest BCUT2D eigenvalue weighted by atomic mass is 10.2. The van der Waals surface area contributed by atoms with E-state index in [2.05, 4.69) is 15.6 Å². The van der Waals surface area contributed by atoms with E-state index in [9.17, 15) is 14.4 Å². The molecule has 0 atom stereocenters. The minimum Gasteiger partial charge on any atom is -0.444 e. The van der Waals surface area contributed by atoms with Crippen molar-refractivity contribution in [2.24, 2.45) is 5.73 Å². The van der Waals surface area contributed by atoms with E-state index in [4.69, 9.17) is 15.9 Å². The lowest BCUT2D eigenvalue weighted by Crippen LogP contribution is -2.37. The highest BCUT2D eigenvalue weighted by Gasteiger charge is 2.19. The SMILES string of the molecule is C/C=C(\NC(=O)c1coc(-c2ccc(N)cc2)n1)C(=O)N/C(=C/C)C(N)=O. The number of nitrogen functional groups attached to an aromatic ring is 1. The topological polar surface area (TPSA) is 153 Å². The van der Waals surface area contributed by atoms with Crippen molar-refractivity contribution in [3.05, 3.63) is 59.8 Å². The van der Waals surface area contributed by atoms with E-state index in [1.165, 1.54) is 18.4 Å².